The summed E-state index contributed by atoms with van der Waals surface area (Å²) in [6.45, 7) is 3.99. The first kappa shape index (κ1) is 17.8. The molecular weight excluding hydrogens is 353 g/mol. The standard InChI is InChI=1S/C23H20FN3O/c1-14-4-3-5-20(15(14)2)27-23(28)25-19-9-6-16(7-10-19)22-13-17-12-18(24)8-11-21(17)26-22/h3-13,26H,1-2H3,(H2,25,27,28). The van der Waals surface area contributed by atoms with Crippen LogP contribution in [-0.4, -0.2) is 11.0 Å². The highest BCUT2D eigenvalue weighted by atomic mass is 19.1. The minimum absolute atomic E-state index is 0.257. The van der Waals surface area contributed by atoms with Crippen LogP contribution >= 0.6 is 0 Å². The lowest BCUT2D eigenvalue weighted by atomic mass is 10.1. The Hall–Kier alpha value is -3.60. The van der Waals surface area contributed by atoms with Gasteiger partial charge in [0.2, 0.25) is 0 Å². The molecule has 4 nitrogen and oxygen atoms in total. The van der Waals surface area contributed by atoms with Crippen LogP contribution in [0.1, 0.15) is 11.1 Å². The van der Waals surface area contributed by atoms with Crippen molar-refractivity contribution in [3.8, 4) is 11.3 Å². The van der Waals surface area contributed by atoms with Gasteiger partial charge in [0.15, 0.2) is 0 Å². The van der Waals surface area contributed by atoms with Crippen LogP contribution < -0.4 is 10.6 Å². The minimum atomic E-state index is -0.289. The van der Waals surface area contributed by atoms with Gasteiger partial charge in [-0.3, -0.25) is 0 Å². The Morgan fingerprint density at radius 2 is 1.71 bits per heavy atom. The quantitative estimate of drug-likeness (QED) is 0.391. The number of H-pyrrole nitrogens is 1. The van der Waals surface area contributed by atoms with Crippen molar-refractivity contribution in [3.05, 3.63) is 83.7 Å². The van der Waals surface area contributed by atoms with E-state index in [0.717, 1.165) is 39.0 Å². The summed E-state index contributed by atoms with van der Waals surface area (Å²) in [5, 5.41) is 6.54. The molecule has 5 heteroatoms. The van der Waals surface area contributed by atoms with Gasteiger partial charge < -0.3 is 15.6 Å². The van der Waals surface area contributed by atoms with Gasteiger partial charge in [-0.1, -0.05) is 24.3 Å². The van der Waals surface area contributed by atoms with Crippen LogP contribution in [-0.2, 0) is 0 Å². The number of hydrogen-bond donors (Lipinski definition) is 3. The molecule has 0 saturated carbocycles. The zero-order valence-corrected chi connectivity index (χ0v) is 15.6. The number of urea groups is 1. The molecule has 0 saturated heterocycles. The highest BCUT2D eigenvalue weighted by molar-refractivity contribution is 6.00. The molecule has 3 aromatic carbocycles. The van der Waals surface area contributed by atoms with Crippen molar-refractivity contribution < 1.29 is 9.18 Å². The molecule has 4 aromatic rings. The normalized spacial score (nSPS) is 10.8. The first-order valence-electron chi connectivity index (χ1n) is 9.02. The van der Waals surface area contributed by atoms with Crippen molar-refractivity contribution in [1.82, 2.24) is 4.98 Å². The van der Waals surface area contributed by atoms with E-state index in [1.165, 1.54) is 12.1 Å². The number of amides is 2. The minimum Gasteiger partial charge on any atom is -0.355 e. The fourth-order valence-electron chi connectivity index (χ4n) is 3.16. The maximum absolute atomic E-state index is 13.4. The Morgan fingerprint density at radius 1 is 0.929 bits per heavy atom. The second-order valence-corrected chi connectivity index (χ2v) is 6.82. The third kappa shape index (κ3) is 3.60. The summed E-state index contributed by atoms with van der Waals surface area (Å²) >= 11 is 0. The smallest absolute Gasteiger partial charge is 0.323 e. The topological polar surface area (TPSA) is 56.9 Å². The van der Waals surface area contributed by atoms with Crippen LogP contribution in [0, 0.1) is 19.7 Å². The molecular formula is C23H20FN3O. The molecule has 0 bridgehead atoms. The van der Waals surface area contributed by atoms with Gasteiger partial charge in [-0.2, -0.15) is 0 Å². The molecule has 0 aliphatic rings. The van der Waals surface area contributed by atoms with Crippen LogP contribution in [0.25, 0.3) is 22.2 Å². The highest BCUT2D eigenvalue weighted by Crippen LogP contribution is 2.26. The van der Waals surface area contributed by atoms with Crippen LogP contribution in [0.15, 0.2) is 66.7 Å². The molecule has 140 valence electrons. The van der Waals surface area contributed by atoms with E-state index in [4.69, 9.17) is 0 Å². The van der Waals surface area contributed by atoms with E-state index in [1.54, 1.807) is 6.07 Å². The van der Waals surface area contributed by atoms with Gasteiger partial charge in [0.05, 0.1) is 0 Å². The van der Waals surface area contributed by atoms with Crippen molar-refractivity contribution in [2.24, 2.45) is 0 Å². The third-order valence-corrected chi connectivity index (χ3v) is 4.89. The number of aromatic nitrogens is 1. The largest absolute Gasteiger partial charge is 0.355 e. The molecule has 0 aliphatic carbocycles. The van der Waals surface area contributed by atoms with E-state index < -0.39 is 0 Å². The molecule has 3 N–H and O–H groups in total. The number of rotatable bonds is 3. The van der Waals surface area contributed by atoms with E-state index in [-0.39, 0.29) is 11.8 Å². The Labute approximate surface area is 162 Å². The molecule has 0 aliphatic heterocycles. The molecule has 1 aromatic heterocycles. The number of carbonyl (C=O) groups is 1. The molecule has 0 radical (unpaired) electrons. The summed E-state index contributed by atoms with van der Waals surface area (Å²) in [5.41, 5.74) is 6.38. The van der Waals surface area contributed by atoms with Gasteiger partial charge in [0.25, 0.3) is 0 Å². The maximum atomic E-state index is 13.4. The number of anilines is 2. The molecule has 0 unspecified atom stereocenters. The van der Waals surface area contributed by atoms with Gasteiger partial charge >= 0.3 is 6.03 Å². The molecule has 0 atom stereocenters. The van der Waals surface area contributed by atoms with Gasteiger partial charge in [0.1, 0.15) is 5.82 Å². The van der Waals surface area contributed by atoms with Gasteiger partial charge in [-0.25, -0.2) is 9.18 Å². The number of aromatic amines is 1. The van der Waals surface area contributed by atoms with Crippen molar-refractivity contribution >= 4 is 28.3 Å². The summed E-state index contributed by atoms with van der Waals surface area (Å²) in [7, 11) is 0. The summed E-state index contributed by atoms with van der Waals surface area (Å²) in [6, 6.07) is 19.6. The lowest BCUT2D eigenvalue weighted by molar-refractivity contribution is 0.262. The number of benzene rings is 3. The first-order valence-corrected chi connectivity index (χ1v) is 9.02. The van der Waals surface area contributed by atoms with Crippen molar-refractivity contribution in [3.63, 3.8) is 0 Å². The summed E-state index contributed by atoms with van der Waals surface area (Å²) in [6.07, 6.45) is 0. The maximum Gasteiger partial charge on any atom is 0.323 e. The highest BCUT2D eigenvalue weighted by Gasteiger charge is 2.08. The second-order valence-electron chi connectivity index (χ2n) is 6.82. The average molecular weight is 373 g/mol. The molecule has 1 heterocycles. The zero-order chi connectivity index (χ0) is 19.7. The van der Waals surface area contributed by atoms with Crippen LogP contribution in [0.5, 0.6) is 0 Å². The number of hydrogen-bond acceptors (Lipinski definition) is 1. The zero-order valence-electron chi connectivity index (χ0n) is 15.6. The summed E-state index contributed by atoms with van der Waals surface area (Å²) < 4.78 is 13.4. The van der Waals surface area contributed by atoms with Gasteiger partial charge in [-0.15, -0.1) is 0 Å². The number of carbonyl (C=O) groups excluding carboxylic acids is 1. The van der Waals surface area contributed by atoms with Crippen molar-refractivity contribution in [1.29, 1.82) is 0 Å². The van der Waals surface area contributed by atoms with Crippen LogP contribution in [0.3, 0.4) is 0 Å². The second kappa shape index (κ2) is 7.19. The molecule has 0 spiro atoms. The van der Waals surface area contributed by atoms with E-state index in [1.807, 2.05) is 62.4 Å². The van der Waals surface area contributed by atoms with E-state index in [0.29, 0.717) is 5.69 Å². The lowest BCUT2D eigenvalue weighted by Crippen LogP contribution is -2.20. The predicted octanol–water partition coefficient (Wildman–Crippen LogP) is 6.23. The average Bonchev–Trinajstić information content (AvgIpc) is 3.09. The van der Waals surface area contributed by atoms with Gasteiger partial charge in [0, 0.05) is 28.0 Å². The summed E-state index contributed by atoms with van der Waals surface area (Å²) in [4.78, 5) is 15.6. The lowest BCUT2D eigenvalue weighted by Gasteiger charge is -2.11. The SMILES string of the molecule is Cc1cccc(NC(=O)Nc2ccc(-c3cc4cc(F)ccc4[nH]3)cc2)c1C. The number of aryl methyl sites for hydroxylation is 1. The first-order chi connectivity index (χ1) is 13.5. The molecule has 2 amide bonds. The monoisotopic (exact) mass is 373 g/mol. The van der Waals surface area contributed by atoms with Crippen molar-refractivity contribution in [2.75, 3.05) is 10.6 Å². The Kier molecular flexibility index (Phi) is 4.57. The number of fused-ring (bicyclic) bond motifs is 1. The third-order valence-electron chi connectivity index (χ3n) is 4.89. The van der Waals surface area contributed by atoms with Gasteiger partial charge in [-0.05, 0) is 73.0 Å². The number of nitrogens with one attached hydrogen (secondary N) is 3. The fraction of sp³-hybridized carbons (Fsp3) is 0.0870. The van der Waals surface area contributed by atoms with Crippen LogP contribution in [0.4, 0.5) is 20.6 Å². The Balaban J connectivity index is 1.48. The predicted molar refractivity (Wildman–Crippen MR) is 112 cm³/mol. The number of halogens is 1. The Morgan fingerprint density at radius 3 is 2.50 bits per heavy atom. The van der Waals surface area contributed by atoms with E-state index in [2.05, 4.69) is 15.6 Å². The fourth-order valence-corrected chi connectivity index (χ4v) is 3.16. The van der Waals surface area contributed by atoms with E-state index >= 15 is 0 Å². The molecule has 4 rings (SSSR count). The molecule has 0 fully saturated rings. The van der Waals surface area contributed by atoms with Crippen molar-refractivity contribution in [2.45, 2.75) is 13.8 Å². The summed E-state index contributed by atoms with van der Waals surface area (Å²) in [5.74, 6) is -0.257. The van der Waals surface area contributed by atoms with Crippen LogP contribution in [0.2, 0.25) is 0 Å². The molecule has 28 heavy (non-hydrogen) atoms. The van der Waals surface area contributed by atoms with E-state index in [9.17, 15) is 9.18 Å². The Bertz CT molecular complexity index is 1160.